The van der Waals surface area contributed by atoms with Crippen LogP contribution < -0.4 is 0 Å². The van der Waals surface area contributed by atoms with Crippen molar-refractivity contribution in [3.63, 3.8) is 0 Å². The van der Waals surface area contributed by atoms with E-state index in [1.165, 1.54) is 11.1 Å². The van der Waals surface area contributed by atoms with Crippen LogP contribution in [0.2, 0.25) is 0 Å². The molecular formula is C15H16Br2O. The molecule has 1 nitrogen and oxygen atoms in total. The maximum absolute atomic E-state index is 5.51. The van der Waals surface area contributed by atoms with Crippen LogP contribution in [0.4, 0.5) is 0 Å². The van der Waals surface area contributed by atoms with Crippen molar-refractivity contribution in [2.45, 2.75) is 18.8 Å². The summed E-state index contributed by atoms with van der Waals surface area (Å²) in [6.07, 6.45) is 2.63. The molecule has 0 atom stereocenters. The zero-order chi connectivity index (χ0) is 13.0. The molecule has 1 aromatic carbocycles. The Kier molecular flexibility index (Phi) is 4.68. The Labute approximate surface area is 125 Å². The SMILES string of the molecule is Cc1ccccc1C(CBr)(CBr)Cc1ccco1. The lowest BCUT2D eigenvalue weighted by molar-refractivity contribution is 0.442. The van der Waals surface area contributed by atoms with Gasteiger partial charge < -0.3 is 4.42 Å². The van der Waals surface area contributed by atoms with Crippen LogP contribution in [-0.2, 0) is 11.8 Å². The van der Waals surface area contributed by atoms with Gasteiger partial charge in [0.15, 0.2) is 0 Å². The topological polar surface area (TPSA) is 13.1 Å². The summed E-state index contributed by atoms with van der Waals surface area (Å²) < 4.78 is 5.51. The summed E-state index contributed by atoms with van der Waals surface area (Å²) in [6.45, 7) is 2.16. The van der Waals surface area contributed by atoms with Crippen LogP contribution in [0.25, 0.3) is 0 Å². The van der Waals surface area contributed by atoms with E-state index in [0.29, 0.717) is 0 Å². The molecular weight excluding hydrogens is 356 g/mol. The second-order valence-electron chi connectivity index (χ2n) is 4.62. The van der Waals surface area contributed by atoms with Gasteiger partial charge in [0.05, 0.1) is 6.26 Å². The molecule has 0 unspecified atom stereocenters. The lowest BCUT2D eigenvalue weighted by atomic mass is 9.78. The maximum atomic E-state index is 5.51. The van der Waals surface area contributed by atoms with Crippen molar-refractivity contribution in [2.75, 3.05) is 10.7 Å². The first kappa shape index (κ1) is 13.9. The highest BCUT2D eigenvalue weighted by molar-refractivity contribution is 9.09. The fraction of sp³-hybridized carbons (Fsp3) is 0.333. The van der Waals surface area contributed by atoms with Crippen molar-refractivity contribution in [3.8, 4) is 0 Å². The summed E-state index contributed by atoms with van der Waals surface area (Å²) in [4.78, 5) is 0. The van der Waals surface area contributed by atoms with E-state index >= 15 is 0 Å². The van der Waals surface area contributed by atoms with Crippen molar-refractivity contribution in [1.82, 2.24) is 0 Å². The number of benzene rings is 1. The van der Waals surface area contributed by atoms with Crippen molar-refractivity contribution >= 4 is 31.9 Å². The van der Waals surface area contributed by atoms with E-state index < -0.39 is 0 Å². The van der Waals surface area contributed by atoms with E-state index in [1.807, 2.05) is 12.1 Å². The molecule has 2 rings (SSSR count). The molecule has 0 fully saturated rings. The Morgan fingerprint density at radius 1 is 1.06 bits per heavy atom. The Morgan fingerprint density at radius 2 is 1.78 bits per heavy atom. The zero-order valence-electron chi connectivity index (χ0n) is 10.3. The molecule has 96 valence electrons. The van der Waals surface area contributed by atoms with Gasteiger partial charge in [0, 0.05) is 22.5 Å². The van der Waals surface area contributed by atoms with Crippen LogP contribution in [0, 0.1) is 6.92 Å². The highest BCUT2D eigenvalue weighted by Gasteiger charge is 2.32. The van der Waals surface area contributed by atoms with E-state index in [-0.39, 0.29) is 5.41 Å². The Bertz CT molecular complexity index is 487. The van der Waals surface area contributed by atoms with E-state index in [2.05, 4.69) is 63.0 Å². The molecule has 2 aromatic rings. The average molecular weight is 372 g/mol. The first-order chi connectivity index (χ1) is 8.72. The summed E-state index contributed by atoms with van der Waals surface area (Å²) in [5.41, 5.74) is 2.72. The molecule has 1 heterocycles. The Morgan fingerprint density at radius 3 is 2.33 bits per heavy atom. The maximum Gasteiger partial charge on any atom is 0.104 e. The first-order valence-corrected chi connectivity index (χ1v) is 8.16. The first-order valence-electron chi connectivity index (χ1n) is 5.92. The lowest BCUT2D eigenvalue weighted by Crippen LogP contribution is -2.33. The Hall–Kier alpha value is -0.540. The molecule has 0 saturated carbocycles. The van der Waals surface area contributed by atoms with Gasteiger partial charge in [0.2, 0.25) is 0 Å². The number of hydrogen-bond acceptors (Lipinski definition) is 1. The number of alkyl halides is 2. The third-order valence-electron chi connectivity index (χ3n) is 3.32. The quantitative estimate of drug-likeness (QED) is 0.684. The van der Waals surface area contributed by atoms with E-state index in [9.17, 15) is 0 Å². The van der Waals surface area contributed by atoms with Gasteiger partial charge in [0.25, 0.3) is 0 Å². The molecule has 0 N–H and O–H groups in total. The molecule has 18 heavy (non-hydrogen) atoms. The molecule has 0 amide bonds. The van der Waals surface area contributed by atoms with Gasteiger partial charge in [-0.1, -0.05) is 56.1 Å². The summed E-state index contributed by atoms with van der Waals surface area (Å²) in [6, 6.07) is 12.5. The predicted octanol–water partition coefficient (Wildman–Crippen LogP) is 4.86. The second kappa shape index (κ2) is 6.07. The molecule has 0 radical (unpaired) electrons. The third kappa shape index (κ3) is 2.72. The van der Waals surface area contributed by atoms with E-state index in [1.54, 1.807) is 6.26 Å². The second-order valence-corrected chi connectivity index (χ2v) is 5.74. The molecule has 0 aliphatic heterocycles. The van der Waals surface area contributed by atoms with Crippen LogP contribution in [0.15, 0.2) is 47.1 Å². The molecule has 0 saturated heterocycles. The molecule has 0 spiro atoms. The number of hydrogen-bond donors (Lipinski definition) is 0. The summed E-state index contributed by atoms with van der Waals surface area (Å²) in [5.74, 6) is 1.03. The van der Waals surface area contributed by atoms with Gasteiger partial charge in [0.1, 0.15) is 5.76 Å². The van der Waals surface area contributed by atoms with Gasteiger partial charge >= 0.3 is 0 Å². The minimum absolute atomic E-state index is 0.0309. The zero-order valence-corrected chi connectivity index (χ0v) is 13.5. The van der Waals surface area contributed by atoms with Gasteiger partial charge in [-0.2, -0.15) is 0 Å². The van der Waals surface area contributed by atoms with Crippen LogP contribution in [0.3, 0.4) is 0 Å². The van der Waals surface area contributed by atoms with Crippen LogP contribution >= 0.6 is 31.9 Å². The summed E-state index contributed by atoms with van der Waals surface area (Å²) in [7, 11) is 0. The molecule has 0 aliphatic rings. The van der Waals surface area contributed by atoms with Crippen molar-refractivity contribution < 1.29 is 4.42 Å². The van der Waals surface area contributed by atoms with Gasteiger partial charge in [-0.15, -0.1) is 0 Å². The van der Waals surface area contributed by atoms with E-state index in [0.717, 1.165) is 22.8 Å². The minimum atomic E-state index is 0.0309. The normalized spacial score (nSPS) is 11.7. The van der Waals surface area contributed by atoms with E-state index in [4.69, 9.17) is 4.42 Å². The number of rotatable bonds is 5. The standard InChI is InChI=1S/C15H16Br2O/c1-12-5-2-3-7-14(12)15(10-16,11-17)9-13-6-4-8-18-13/h2-8H,9-11H2,1H3. The molecule has 0 bridgehead atoms. The van der Waals surface area contributed by atoms with Crippen LogP contribution in [-0.4, -0.2) is 10.7 Å². The number of furan rings is 1. The van der Waals surface area contributed by atoms with Crippen LogP contribution in [0.5, 0.6) is 0 Å². The van der Waals surface area contributed by atoms with Gasteiger partial charge in [-0.25, -0.2) is 0 Å². The highest BCUT2D eigenvalue weighted by atomic mass is 79.9. The average Bonchev–Trinajstić information content (AvgIpc) is 2.90. The van der Waals surface area contributed by atoms with Crippen LogP contribution in [0.1, 0.15) is 16.9 Å². The Balaban J connectivity index is 2.40. The fourth-order valence-corrected chi connectivity index (χ4v) is 4.21. The van der Waals surface area contributed by atoms with Crippen molar-refractivity contribution in [2.24, 2.45) is 0 Å². The third-order valence-corrected chi connectivity index (χ3v) is 5.47. The fourth-order valence-electron chi connectivity index (χ4n) is 2.28. The van der Waals surface area contributed by atoms with Gasteiger partial charge in [-0.05, 0) is 30.2 Å². The smallest absolute Gasteiger partial charge is 0.104 e. The highest BCUT2D eigenvalue weighted by Crippen LogP contribution is 2.34. The monoisotopic (exact) mass is 370 g/mol. The largest absolute Gasteiger partial charge is 0.469 e. The molecule has 3 heteroatoms. The molecule has 0 aliphatic carbocycles. The van der Waals surface area contributed by atoms with Crippen molar-refractivity contribution in [1.29, 1.82) is 0 Å². The predicted molar refractivity (Wildman–Crippen MR) is 82.9 cm³/mol. The number of aryl methyl sites for hydroxylation is 1. The molecule has 1 aromatic heterocycles. The number of halogens is 2. The summed E-state index contributed by atoms with van der Waals surface area (Å²) >= 11 is 7.36. The minimum Gasteiger partial charge on any atom is -0.469 e. The van der Waals surface area contributed by atoms with Gasteiger partial charge in [-0.3, -0.25) is 0 Å². The van der Waals surface area contributed by atoms with Crippen molar-refractivity contribution in [3.05, 3.63) is 59.5 Å². The lowest BCUT2D eigenvalue weighted by Gasteiger charge is -2.31. The summed E-state index contributed by atoms with van der Waals surface area (Å²) in [5, 5.41) is 1.80.